The van der Waals surface area contributed by atoms with Gasteiger partial charge in [-0.2, -0.15) is 0 Å². The van der Waals surface area contributed by atoms with Gasteiger partial charge in [-0.3, -0.25) is 4.99 Å². The minimum atomic E-state index is 0.0653. The van der Waals surface area contributed by atoms with Crippen LogP contribution in [-0.2, 0) is 6.42 Å². The lowest BCUT2D eigenvalue weighted by Gasteiger charge is -2.09. The summed E-state index contributed by atoms with van der Waals surface area (Å²) in [6.07, 6.45) is 2.38. The summed E-state index contributed by atoms with van der Waals surface area (Å²) in [5.41, 5.74) is 8.51. The van der Waals surface area contributed by atoms with E-state index in [4.69, 9.17) is 15.2 Å². The second-order valence-electron chi connectivity index (χ2n) is 6.19. The predicted molar refractivity (Wildman–Crippen MR) is 119 cm³/mol. The van der Waals surface area contributed by atoms with Crippen molar-refractivity contribution in [3.8, 4) is 17.2 Å². The Bertz CT molecular complexity index is 997. The Hall–Kier alpha value is -3.32. The molecule has 0 aliphatic heterocycles. The van der Waals surface area contributed by atoms with Gasteiger partial charge in [0.25, 0.3) is 0 Å². The molecule has 0 saturated heterocycles. The van der Waals surface area contributed by atoms with E-state index in [1.165, 1.54) is 13.2 Å². The molecule has 29 heavy (non-hydrogen) atoms. The maximum atomic E-state index is 10.1. The number of methoxy groups -OCH3 is 2. The highest BCUT2D eigenvalue weighted by Crippen LogP contribution is 2.31. The number of nitrogens with two attached hydrogens (primary N) is 1. The van der Waals surface area contributed by atoms with Crippen LogP contribution in [0.15, 0.2) is 63.9 Å². The second kappa shape index (κ2) is 9.75. The Labute approximate surface area is 174 Å². The van der Waals surface area contributed by atoms with Crippen LogP contribution in [0.1, 0.15) is 16.0 Å². The standard InChI is InChI=1S/C22H23N3O3S/c1-27-17-12-19(26)18(20(13-17)28-2)14-24-10-9-15-5-7-16(8-6-15)25-22(23)21-4-3-11-29-21/h3-8,11-14,26H,9-10H2,1-2H3,(H2,23,25). The number of amidine groups is 1. The third kappa shape index (κ3) is 5.36. The van der Waals surface area contributed by atoms with E-state index in [1.807, 2.05) is 41.8 Å². The third-order valence-electron chi connectivity index (χ3n) is 4.26. The number of thiophene rings is 1. The van der Waals surface area contributed by atoms with Gasteiger partial charge < -0.3 is 20.3 Å². The lowest BCUT2D eigenvalue weighted by Crippen LogP contribution is -2.10. The first-order valence-electron chi connectivity index (χ1n) is 9.02. The van der Waals surface area contributed by atoms with Gasteiger partial charge in [0.05, 0.1) is 30.3 Å². The van der Waals surface area contributed by atoms with Gasteiger partial charge in [0, 0.05) is 24.9 Å². The molecule has 3 aromatic rings. The van der Waals surface area contributed by atoms with Crippen molar-refractivity contribution in [2.75, 3.05) is 20.8 Å². The zero-order valence-electron chi connectivity index (χ0n) is 16.3. The highest BCUT2D eigenvalue weighted by Gasteiger charge is 2.09. The molecule has 150 valence electrons. The van der Waals surface area contributed by atoms with Crippen LogP contribution in [0, 0.1) is 0 Å². The number of hydrogen-bond acceptors (Lipinski definition) is 6. The molecule has 0 radical (unpaired) electrons. The molecule has 1 aromatic heterocycles. The molecule has 2 aromatic carbocycles. The summed E-state index contributed by atoms with van der Waals surface area (Å²) >= 11 is 1.57. The first kappa shape index (κ1) is 20.4. The summed E-state index contributed by atoms with van der Waals surface area (Å²) in [5, 5.41) is 12.1. The van der Waals surface area contributed by atoms with Crippen molar-refractivity contribution >= 4 is 29.1 Å². The lowest BCUT2D eigenvalue weighted by molar-refractivity contribution is 0.384. The van der Waals surface area contributed by atoms with Gasteiger partial charge in [0.1, 0.15) is 23.1 Å². The minimum Gasteiger partial charge on any atom is -0.507 e. The predicted octanol–water partition coefficient (Wildman–Crippen LogP) is 4.17. The number of ether oxygens (including phenoxy) is 2. The molecule has 1 heterocycles. The van der Waals surface area contributed by atoms with E-state index in [0.717, 1.165) is 22.5 Å². The molecule has 0 spiro atoms. The van der Waals surface area contributed by atoms with Crippen molar-refractivity contribution in [1.29, 1.82) is 0 Å². The quantitative estimate of drug-likeness (QED) is 0.432. The molecule has 0 unspecified atom stereocenters. The van der Waals surface area contributed by atoms with Gasteiger partial charge >= 0.3 is 0 Å². The zero-order chi connectivity index (χ0) is 20.6. The summed E-state index contributed by atoms with van der Waals surface area (Å²) in [5.74, 6) is 1.62. The Balaban J connectivity index is 1.60. The fourth-order valence-electron chi connectivity index (χ4n) is 2.71. The molecule has 7 heteroatoms. The normalized spacial score (nSPS) is 11.7. The van der Waals surface area contributed by atoms with Crippen LogP contribution in [0.25, 0.3) is 0 Å². The van der Waals surface area contributed by atoms with Gasteiger partial charge in [-0.25, -0.2) is 4.99 Å². The highest BCUT2D eigenvalue weighted by molar-refractivity contribution is 7.12. The maximum Gasteiger partial charge on any atom is 0.141 e. The summed E-state index contributed by atoms with van der Waals surface area (Å²) in [7, 11) is 3.08. The Morgan fingerprint density at radius 1 is 1.14 bits per heavy atom. The van der Waals surface area contributed by atoms with E-state index >= 15 is 0 Å². The molecule has 0 aliphatic carbocycles. The SMILES string of the molecule is COc1cc(O)c(C=NCCc2ccc(N=C(N)c3cccs3)cc2)c(OC)c1. The third-order valence-corrected chi connectivity index (χ3v) is 5.15. The van der Waals surface area contributed by atoms with Crippen LogP contribution in [0.2, 0.25) is 0 Å². The Kier molecular flexibility index (Phi) is 6.86. The maximum absolute atomic E-state index is 10.1. The monoisotopic (exact) mass is 409 g/mol. The first-order chi connectivity index (χ1) is 14.1. The van der Waals surface area contributed by atoms with E-state index in [1.54, 1.807) is 30.7 Å². The van der Waals surface area contributed by atoms with Crippen molar-refractivity contribution < 1.29 is 14.6 Å². The van der Waals surface area contributed by atoms with Crippen molar-refractivity contribution in [3.63, 3.8) is 0 Å². The van der Waals surface area contributed by atoms with Crippen molar-refractivity contribution in [2.45, 2.75) is 6.42 Å². The van der Waals surface area contributed by atoms with Crippen molar-refractivity contribution in [2.24, 2.45) is 15.7 Å². The molecule has 6 nitrogen and oxygen atoms in total. The largest absolute Gasteiger partial charge is 0.507 e. The van der Waals surface area contributed by atoms with Crippen LogP contribution in [-0.4, -0.2) is 37.9 Å². The van der Waals surface area contributed by atoms with E-state index < -0.39 is 0 Å². The van der Waals surface area contributed by atoms with Gasteiger partial charge in [-0.1, -0.05) is 18.2 Å². The van der Waals surface area contributed by atoms with Crippen molar-refractivity contribution in [1.82, 2.24) is 0 Å². The molecule has 0 atom stereocenters. The van der Waals surface area contributed by atoms with Crippen LogP contribution < -0.4 is 15.2 Å². The molecule has 3 rings (SSSR count). The van der Waals surface area contributed by atoms with Gasteiger partial charge in [0.15, 0.2) is 0 Å². The topological polar surface area (TPSA) is 89.4 Å². The number of aromatic hydroxyl groups is 1. The van der Waals surface area contributed by atoms with E-state index in [2.05, 4.69) is 9.98 Å². The lowest BCUT2D eigenvalue weighted by atomic mass is 10.1. The number of aliphatic imine (C=N–C) groups is 2. The number of nitrogens with zero attached hydrogens (tertiary/aromatic N) is 2. The Morgan fingerprint density at radius 3 is 2.59 bits per heavy atom. The smallest absolute Gasteiger partial charge is 0.141 e. The Morgan fingerprint density at radius 2 is 1.93 bits per heavy atom. The molecule has 0 fully saturated rings. The van der Waals surface area contributed by atoms with Gasteiger partial charge in [0.2, 0.25) is 0 Å². The zero-order valence-corrected chi connectivity index (χ0v) is 17.1. The van der Waals surface area contributed by atoms with E-state index in [9.17, 15) is 5.11 Å². The molecule has 3 N–H and O–H groups in total. The van der Waals surface area contributed by atoms with Gasteiger partial charge in [-0.05, 0) is 35.6 Å². The highest BCUT2D eigenvalue weighted by atomic mass is 32.1. The summed E-state index contributed by atoms with van der Waals surface area (Å²) in [6, 6.07) is 15.1. The molecule has 0 aliphatic rings. The number of hydrogen-bond donors (Lipinski definition) is 2. The first-order valence-corrected chi connectivity index (χ1v) is 9.90. The number of phenolic OH excluding ortho intramolecular Hbond substituents is 1. The van der Waals surface area contributed by atoms with E-state index in [0.29, 0.717) is 29.4 Å². The summed E-state index contributed by atoms with van der Waals surface area (Å²) < 4.78 is 10.4. The average molecular weight is 410 g/mol. The minimum absolute atomic E-state index is 0.0653. The molecule has 0 bridgehead atoms. The molecular formula is C22H23N3O3S. The molecular weight excluding hydrogens is 386 g/mol. The van der Waals surface area contributed by atoms with E-state index in [-0.39, 0.29) is 5.75 Å². The molecule has 0 saturated carbocycles. The number of phenols is 1. The van der Waals surface area contributed by atoms with Crippen LogP contribution in [0.5, 0.6) is 17.2 Å². The summed E-state index contributed by atoms with van der Waals surface area (Å²) in [6.45, 7) is 0.578. The van der Waals surface area contributed by atoms with Crippen molar-refractivity contribution in [3.05, 3.63) is 69.9 Å². The van der Waals surface area contributed by atoms with Crippen LogP contribution in [0.3, 0.4) is 0 Å². The number of rotatable bonds is 8. The van der Waals surface area contributed by atoms with Crippen LogP contribution in [0.4, 0.5) is 5.69 Å². The van der Waals surface area contributed by atoms with Crippen LogP contribution >= 0.6 is 11.3 Å². The second-order valence-corrected chi connectivity index (χ2v) is 7.14. The fraction of sp³-hybridized carbons (Fsp3) is 0.182. The fourth-order valence-corrected chi connectivity index (χ4v) is 3.34. The average Bonchev–Trinajstić information content (AvgIpc) is 3.28. The van der Waals surface area contributed by atoms with Gasteiger partial charge in [-0.15, -0.1) is 11.3 Å². The number of benzene rings is 2. The molecule has 0 amide bonds. The summed E-state index contributed by atoms with van der Waals surface area (Å²) in [4.78, 5) is 9.82.